The molecule has 2 rings (SSSR count). The van der Waals surface area contributed by atoms with E-state index >= 15 is 0 Å². The van der Waals surface area contributed by atoms with Crippen LogP contribution in [0.1, 0.15) is 40.5 Å². The Bertz CT molecular complexity index is 857. The molecule has 11 heteroatoms. The van der Waals surface area contributed by atoms with E-state index in [9.17, 15) is 26.4 Å². The van der Waals surface area contributed by atoms with Gasteiger partial charge in [-0.1, -0.05) is 26.8 Å². The molecule has 0 unspecified atom stereocenters. The third kappa shape index (κ3) is 4.94. The Kier molecular flexibility index (Phi) is 7.27. The second-order valence-electron chi connectivity index (χ2n) is 9.49. The number of allylic oxidation sites excluding steroid dienone is 1. The molecule has 3 atom stereocenters. The van der Waals surface area contributed by atoms with Crippen LogP contribution in [0.3, 0.4) is 0 Å². The van der Waals surface area contributed by atoms with Gasteiger partial charge < -0.3 is 18.1 Å². The van der Waals surface area contributed by atoms with Crippen LogP contribution in [-0.4, -0.2) is 47.8 Å². The van der Waals surface area contributed by atoms with Gasteiger partial charge in [-0.2, -0.15) is 21.6 Å². The van der Waals surface area contributed by atoms with Crippen molar-refractivity contribution in [2.45, 2.75) is 70.3 Å². The van der Waals surface area contributed by atoms with E-state index in [4.69, 9.17) is 9.16 Å². The molecule has 0 saturated heterocycles. The molecule has 0 aromatic rings. The van der Waals surface area contributed by atoms with E-state index in [0.29, 0.717) is 19.3 Å². The maximum atomic E-state index is 12.9. The van der Waals surface area contributed by atoms with Gasteiger partial charge in [0, 0.05) is 6.61 Å². The average Bonchev–Trinajstić information content (AvgIpc) is 2.96. The molecule has 2 aliphatic carbocycles. The van der Waals surface area contributed by atoms with E-state index in [1.54, 1.807) is 13.0 Å². The number of fused-ring (bicyclic) bond motifs is 1. The van der Waals surface area contributed by atoms with Crippen molar-refractivity contribution in [3.8, 4) is 0 Å². The summed E-state index contributed by atoms with van der Waals surface area (Å²) in [7, 11) is -7.95. The summed E-state index contributed by atoms with van der Waals surface area (Å²) in [6.07, 6.45) is 2.99. The van der Waals surface area contributed by atoms with Crippen LogP contribution in [0.4, 0.5) is 13.2 Å². The van der Waals surface area contributed by atoms with Gasteiger partial charge in [0.15, 0.2) is 8.32 Å². The summed E-state index contributed by atoms with van der Waals surface area (Å²) in [5, 5.41) is -0.00399. The number of halogens is 3. The first-order valence-corrected chi connectivity index (χ1v) is 14.5. The van der Waals surface area contributed by atoms with Crippen LogP contribution >= 0.6 is 0 Å². The molecule has 0 amide bonds. The molecule has 0 spiro atoms. The lowest BCUT2D eigenvalue weighted by Crippen LogP contribution is -2.48. The molecule has 0 radical (unpaired) electrons. The summed E-state index contributed by atoms with van der Waals surface area (Å²) in [6.45, 7) is 12.7. The van der Waals surface area contributed by atoms with Gasteiger partial charge in [0.1, 0.15) is 17.5 Å². The Morgan fingerprint density at radius 2 is 1.87 bits per heavy atom. The van der Waals surface area contributed by atoms with E-state index in [1.165, 1.54) is 6.08 Å². The SMILES string of the molecule is CCO[C@H]1C=C(CO[Si](C)(C)C(C)(C)C)C[C@H]2CC=C(OS(=O)(=O)C(F)(F)F)[C@]21C=O. The lowest BCUT2D eigenvalue weighted by Gasteiger charge is -2.42. The molecular formula is C20H31F3O6SSi. The van der Waals surface area contributed by atoms with Gasteiger partial charge in [-0.15, -0.1) is 0 Å². The molecule has 0 saturated carbocycles. The summed E-state index contributed by atoms with van der Waals surface area (Å²) >= 11 is 0. The van der Waals surface area contributed by atoms with Crippen LogP contribution in [0.15, 0.2) is 23.5 Å². The van der Waals surface area contributed by atoms with Crippen molar-refractivity contribution in [2.24, 2.45) is 11.3 Å². The van der Waals surface area contributed by atoms with Crippen LogP contribution in [0.25, 0.3) is 0 Å². The summed E-state index contributed by atoms with van der Waals surface area (Å²) in [5.41, 5.74) is -6.35. The van der Waals surface area contributed by atoms with Crippen molar-refractivity contribution in [3.05, 3.63) is 23.5 Å². The van der Waals surface area contributed by atoms with Crippen LogP contribution in [0.2, 0.25) is 18.1 Å². The molecule has 178 valence electrons. The third-order valence-electron chi connectivity index (χ3n) is 6.51. The molecule has 0 aromatic carbocycles. The number of ether oxygens (including phenoxy) is 1. The highest BCUT2D eigenvalue weighted by atomic mass is 32.2. The van der Waals surface area contributed by atoms with Crippen molar-refractivity contribution in [2.75, 3.05) is 13.2 Å². The van der Waals surface area contributed by atoms with Crippen molar-refractivity contribution in [3.63, 3.8) is 0 Å². The topological polar surface area (TPSA) is 78.9 Å². The Morgan fingerprint density at radius 1 is 1.26 bits per heavy atom. The molecule has 6 nitrogen and oxygen atoms in total. The Morgan fingerprint density at radius 3 is 2.35 bits per heavy atom. The molecular weight excluding hydrogens is 453 g/mol. The minimum Gasteiger partial charge on any atom is -0.413 e. The molecule has 0 heterocycles. The number of carbonyl (C=O) groups excluding carboxylic acids is 1. The standard InChI is InChI=1S/C20H31F3O6SSi/c1-7-27-17-11-14(12-28-31(5,6)18(2,3)4)10-15-8-9-16(19(15,17)13-24)29-30(25,26)20(21,22)23/h9,11,13,15,17H,7-8,10,12H2,1-6H3/t15-,17+,19+/m1/s1. The highest BCUT2D eigenvalue weighted by molar-refractivity contribution is 7.87. The predicted molar refractivity (Wildman–Crippen MR) is 112 cm³/mol. The zero-order valence-electron chi connectivity index (χ0n) is 18.7. The van der Waals surface area contributed by atoms with E-state index in [0.717, 1.165) is 5.57 Å². The predicted octanol–water partition coefficient (Wildman–Crippen LogP) is 4.70. The second kappa shape index (κ2) is 8.64. The smallest absolute Gasteiger partial charge is 0.413 e. The molecule has 31 heavy (non-hydrogen) atoms. The van der Waals surface area contributed by atoms with Gasteiger partial charge in [0.2, 0.25) is 0 Å². The summed E-state index contributed by atoms with van der Waals surface area (Å²) in [6, 6.07) is 0. The number of hydrogen-bond donors (Lipinski definition) is 0. The quantitative estimate of drug-likeness (QED) is 0.163. The van der Waals surface area contributed by atoms with Gasteiger partial charge in [-0.25, -0.2) is 0 Å². The summed E-state index contributed by atoms with van der Waals surface area (Å²) < 4.78 is 78.2. The van der Waals surface area contributed by atoms with E-state index in [1.807, 2.05) is 0 Å². The molecule has 0 aromatic heterocycles. The molecule has 0 N–H and O–H groups in total. The van der Waals surface area contributed by atoms with Crippen LogP contribution in [-0.2, 0) is 28.3 Å². The fourth-order valence-electron chi connectivity index (χ4n) is 3.64. The van der Waals surface area contributed by atoms with Crippen molar-refractivity contribution in [1.82, 2.24) is 0 Å². The second-order valence-corrected chi connectivity index (χ2v) is 15.8. The van der Waals surface area contributed by atoms with E-state index in [-0.39, 0.29) is 18.1 Å². The van der Waals surface area contributed by atoms with Crippen molar-refractivity contribution >= 4 is 24.7 Å². The van der Waals surface area contributed by atoms with Crippen LogP contribution in [0, 0.1) is 11.3 Å². The summed E-state index contributed by atoms with van der Waals surface area (Å²) in [4.78, 5) is 12.2. The minimum atomic E-state index is -5.90. The normalized spacial score (nSPS) is 27.4. The molecule has 0 aliphatic heterocycles. The van der Waals surface area contributed by atoms with E-state index in [2.05, 4.69) is 38.0 Å². The molecule has 0 bridgehead atoms. The van der Waals surface area contributed by atoms with Gasteiger partial charge in [-0.05, 0) is 55.5 Å². The maximum absolute atomic E-state index is 12.9. The first-order valence-electron chi connectivity index (χ1n) is 10.1. The molecule has 2 aliphatic rings. The van der Waals surface area contributed by atoms with Crippen LogP contribution < -0.4 is 0 Å². The lowest BCUT2D eigenvalue weighted by molar-refractivity contribution is -0.127. The average molecular weight is 485 g/mol. The monoisotopic (exact) mass is 484 g/mol. The fourth-order valence-corrected chi connectivity index (χ4v) is 5.16. The van der Waals surface area contributed by atoms with Gasteiger partial charge in [0.05, 0.1) is 12.7 Å². The maximum Gasteiger partial charge on any atom is 0.534 e. The number of rotatable bonds is 8. The largest absolute Gasteiger partial charge is 0.534 e. The van der Waals surface area contributed by atoms with Gasteiger partial charge in [0.25, 0.3) is 0 Å². The fraction of sp³-hybridized carbons (Fsp3) is 0.750. The van der Waals surface area contributed by atoms with Gasteiger partial charge in [-0.3, -0.25) is 0 Å². The first-order chi connectivity index (χ1) is 14.0. The molecule has 0 fully saturated rings. The zero-order valence-corrected chi connectivity index (χ0v) is 20.5. The Hall–Kier alpha value is -1.17. The van der Waals surface area contributed by atoms with E-state index < -0.39 is 47.1 Å². The number of carbonyl (C=O) groups is 1. The zero-order chi connectivity index (χ0) is 23.9. The van der Waals surface area contributed by atoms with Gasteiger partial charge >= 0.3 is 15.6 Å². The minimum absolute atomic E-state index is 0.00399. The number of aldehydes is 1. The highest BCUT2D eigenvalue weighted by Crippen LogP contribution is 2.53. The third-order valence-corrected chi connectivity index (χ3v) is 11.9. The van der Waals surface area contributed by atoms with Crippen LogP contribution in [0.5, 0.6) is 0 Å². The number of alkyl halides is 3. The highest BCUT2D eigenvalue weighted by Gasteiger charge is 2.58. The van der Waals surface area contributed by atoms with Crippen molar-refractivity contribution in [1.29, 1.82) is 0 Å². The number of hydrogen-bond acceptors (Lipinski definition) is 6. The summed E-state index contributed by atoms with van der Waals surface area (Å²) in [5.74, 6) is -1.01. The first kappa shape index (κ1) is 26.1. The Labute approximate surface area is 183 Å². The van der Waals surface area contributed by atoms with Crippen molar-refractivity contribution < 1.29 is 39.7 Å². The lowest BCUT2D eigenvalue weighted by atomic mass is 9.67. The Balaban J connectivity index is 2.36.